The first-order chi connectivity index (χ1) is 15.2. The Morgan fingerprint density at radius 3 is 2.61 bits per heavy atom. The number of aromatic nitrogens is 3. The fourth-order valence-electron chi connectivity index (χ4n) is 5.25. The summed E-state index contributed by atoms with van der Waals surface area (Å²) in [6.07, 6.45) is 10.8. The maximum atomic E-state index is 13.0. The van der Waals surface area contributed by atoms with Crippen LogP contribution in [0.2, 0.25) is 0 Å². The fraction of sp³-hybridized carbons (Fsp3) is 0.400. The molecule has 1 amide bonds. The second kappa shape index (κ2) is 7.22. The Kier molecular flexibility index (Phi) is 4.33. The van der Waals surface area contributed by atoms with Crippen molar-refractivity contribution in [2.24, 2.45) is 5.92 Å². The summed E-state index contributed by atoms with van der Waals surface area (Å²) >= 11 is 0. The second-order valence-electron chi connectivity index (χ2n) is 9.01. The van der Waals surface area contributed by atoms with Gasteiger partial charge in [0.25, 0.3) is 5.91 Å². The molecule has 0 N–H and O–H groups in total. The lowest BCUT2D eigenvalue weighted by molar-refractivity contribution is -0.00807. The summed E-state index contributed by atoms with van der Waals surface area (Å²) in [5.74, 6) is 1.70. The fourth-order valence-corrected chi connectivity index (χ4v) is 5.25. The lowest BCUT2D eigenvalue weighted by Gasteiger charge is -2.45. The zero-order valence-electron chi connectivity index (χ0n) is 17.5. The maximum absolute atomic E-state index is 13.0. The molecule has 0 unspecified atom stereocenters. The van der Waals surface area contributed by atoms with Gasteiger partial charge in [-0.25, -0.2) is 4.98 Å². The summed E-state index contributed by atoms with van der Waals surface area (Å²) in [5, 5.41) is 0. The number of carbonyl (C=O) groups excluding carboxylic acids is 1. The summed E-state index contributed by atoms with van der Waals surface area (Å²) in [6, 6.07) is 11.8. The van der Waals surface area contributed by atoms with Gasteiger partial charge in [-0.15, -0.1) is 0 Å². The molecule has 2 aromatic heterocycles. The zero-order chi connectivity index (χ0) is 20.8. The number of ether oxygens (including phenoxy) is 1. The Morgan fingerprint density at radius 1 is 1.10 bits per heavy atom. The molecule has 0 radical (unpaired) electrons. The normalized spacial score (nSPS) is 19.3. The predicted octanol–water partition coefficient (Wildman–Crippen LogP) is 4.27. The van der Waals surface area contributed by atoms with Crippen molar-refractivity contribution in [3.8, 4) is 17.0 Å². The van der Waals surface area contributed by atoms with Crippen molar-refractivity contribution >= 4 is 5.91 Å². The van der Waals surface area contributed by atoms with E-state index in [2.05, 4.69) is 15.6 Å². The van der Waals surface area contributed by atoms with Crippen molar-refractivity contribution in [1.82, 2.24) is 19.4 Å². The van der Waals surface area contributed by atoms with E-state index < -0.39 is 5.60 Å². The number of piperidine rings is 1. The molecule has 3 aliphatic rings. The van der Waals surface area contributed by atoms with E-state index in [1.165, 1.54) is 25.0 Å². The third-order valence-electron chi connectivity index (χ3n) is 7.18. The predicted molar refractivity (Wildman–Crippen MR) is 117 cm³/mol. The van der Waals surface area contributed by atoms with Gasteiger partial charge in [0.1, 0.15) is 5.75 Å². The summed E-state index contributed by atoms with van der Waals surface area (Å²) in [5.41, 5.74) is 3.59. The first-order valence-electron chi connectivity index (χ1n) is 11.3. The molecule has 1 aliphatic carbocycles. The van der Waals surface area contributed by atoms with E-state index in [0.717, 1.165) is 42.3 Å². The minimum atomic E-state index is -0.432. The Balaban J connectivity index is 1.33. The first kappa shape index (κ1) is 18.6. The number of fused-ring (bicyclic) bond motifs is 4. The Morgan fingerprint density at radius 2 is 1.87 bits per heavy atom. The molecule has 1 saturated heterocycles. The van der Waals surface area contributed by atoms with Gasteiger partial charge in [0, 0.05) is 56.0 Å². The van der Waals surface area contributed by atoms with Crippen LogP contribution >= 0.6 is 0 Å². The van der Waals surface area contributed by atoms with Gasteiger partial charge < -0.3 is 14.2 Å². The molecular weight excluding hydrogens is 388 g/mol. The lowest BCUT2D eigenvalue weighted by atomic mass is 9.81. The average Bonchev–Trinajstić information content (AvgIpc) is 3.22. The van der Waals surface area contributed by atoms with Crippen LogP contribution < -0.4 is 4.74 Å². The van der Waals surface area contributed by atoms with E-state index in [-0.39, 0.29) is 5.91 Å². The van der Waals surface area contributed by atoms with Crippen LogP contribution in [0.1, 0.15) is 48.2 Å². The number of nitrogens with zero attached hydrogens (tertiary/aromatic N) is 4. The third kappa shape index (κ3) is 3.04. The highest BCUT2D eigenvalue weighted by atomic mass is 16.5. The minimum absolute atomic E-state index is 0.0664. The number of likely N-dealkylation sites (tertiary alicyclic amines) is 1. The first-order valence-corrected chi connectivity index (χ1v) is 11.3. The van der Waals surface area contributed by atoms with E-state index in [1.807, 2.05) is 29.4 Å². The van der Waals surface area contributed by atoms with Gasteiger partial charge >= 0.3 is 0 Å². The Hall–Kier alpha value is -3.15. The van der Waals surface area contributed by atoms with Gasteiger partial charge in [0.05, 0.1) is 17.7 Å². The lowest BCUT2D eigenvalue weighted by Crippen LogP contribution is -2.50. The number of amides is 1. The number of pyridine rings is 1. The molecule has 3 aromatic rings. The third-order valence-corrected chi connectivity index (χ3v) is 7.18. The molecular formula is C25H26N4O2. The molecule has 0 bridgehead atoms. The molecule has 4 heterocycles. The number of rotatable bonds is 3. The molecule has 1 saturated carbocycles. The van der Waals surface area contributed by atoms with Gasteiger partial charge in [-0.1, -0.05) is 18.6 Å². The molecule has 2 aliphatic heterocycles. The smallest absolute Gasteiger partial charge is 0.253 e. The van der Waals surface area contributed by atoms with Crippen molar-refractivity contribution < 1.29 is 9.53 Å². The molecule has 6 heteroatoms. The van der Waals surface area contributed by atoms with Crippen LogP contribution in [0.4, 0.5) is 0 Å². The quantitative estimate of drug-likeness (QED) is 0.642. The number of benzene rings is 1. The molecule has 2 fully saturated rings. The molecule has 6 rings (SSSR count). The summed E-state index contributed by atoms with van der Waals surface area (Å²) in [7, 11) is 0. The molecule has 158 valence electrons. The van der Waals surface area contributed by atoms with E-state index in [1.54, 1.807) is 24.5 Å². The SMILES string of the molecule is O=C(c1ccncc1)N1CCC2(CC1)Oc1ccccc1-c1ncn(CC3CCC3)c12. The second-order valence-corrected chi connectivity index (χ2v) is 9.01. The maximum Gasteiger partial charge on any atom is 0.253 e. The Labute approximate surface area is 181 Å². The summed E-state index contributed by atoms with van der Waals surface area (Å²) in [6.45, 7) is 2.34. The van der Waals surface area contributed by atoms with Crippen molar-refractivity contribution in [2.75, 3.05) is 13.1 Å². The highest BCUT2D eigenvalue weighted by Gasteiger charge is 2.47. The zero-order valence-corrected chi connectivity index (χ0v) is 17.5. The minimum Gasteiger partial charge on any atom is -0.480 e. The van der Waals surface area contributed by atoms with Gasteiger partial charge in [0.15, 0.2) is 5.60 Å². The topological polar surface area (TPSA) is 60.3 Å². The number of hydrogen-bond acceptors (Lipinski definition) is 4. The monoisotopic (exact) mass is 414 g/mol. The van der Waals surface area contributed by atoms with Crippen LogP contribution in [0.25, 0.3) is 11.3 Å². The molecule has 1 spiro atoms. The molecule has 1 aromatic carbocycles. The molecule has 0 atom stereocenters. The van der Waals surface area contributed by atoms with E-state index in [0.29, 0.717) is 18.7 Å². The van der Waals surface area contributed by atoms with Crippen LogP contribution in [0, 0.1) is 5.92 Å². The van der Waals surface area contributed by atoms with Crippen LogP contribution in [-0.2, 0) is 12.1 Å². The molecule has 31 heavy (non-hydrogen) atoms. The van der Waals surface area contributed by atoms with Gasteiger partial charge in [-0.2, -0.15) is 0 Å². The highest BCUT2D eigenvalue weighted by molar-refractivity contribution is 5.94. The van der Waals surface area contributed by atoms with Gasteiger partial charge in [0.2, 0.25) is 0 Å². The van der Waals surface area contributed by atoms with E-state index in [9.17, 15) is 4.79 Å². The van der Waals surface area contributed by atoms with Crippen molar-refractivity contribution in [1.29, 1.82) is 0 Å². The van der Waals surface area contributed by atoms with Crippen LogP contribution in [0.15, 0.2) is 55.1 Å². The van der Waals surface area contributed by atoms with Crippen molar-refractivity contribution in [3.63, 3.8) is 0 Å². The number of hydrogen-bond donors (Lipinski definition) is 0. The molecule has 6 nitrogen and oxygen atoms in total. The van der Waals surface area contributed by atoms with Gasteiger partial charge in [-0.05, 0) is 43.0 Å². The number of para-hydroxylation sites is 1. The van der Waals surface area contributed by atoms with Crippen molar-refractivity contribution in [3.05, 3.63) is 66.4 Å². The standard InChI is InChI=1S/C25H26N4O2/c30-24(19-8-12-26-13-9-19)28-14-10-25(11-15-28)23-22(20-6-1-2-7-21(20)31-25)27-17-29(23)16-18-4-3-5-18/h1-2,6-9,12-13,17-18H,3-5,10-11,14-16H2. The highest BCUT2D eigenvalue weighted by Crippen LogP contribution is 2.49. The Bertz CT molecular complexity index is 1110. The van der Waals surface area contributed by atoms with E-state index in [4.69, 9.17) is 9.72 Å². The largest absolute Gasteiger partial charge is 0.480 e. The van der Waals surface area contributed by atoms with E-state index >= 15 is 0 Å². The summed E-state index contributed by atoms with van der Waals surface area (Å²) in [4.78, 5) is 23.8. The summed E-state index contributed by atoms with van der Waals surface area (Å²) < 4.78 is 9.09. The van der Waals surface area contributed by atoms with Crippen molar-refractivity contribution in [2.45, 2.75) is 44.2 Å². The average molecular weight is 415 g/mol. The van der Waals surface area contributed by atoms with Crippen LogP contribution in [-0.4, -0.2) is 38.4 Å². The van der Waals surface area contributed by atoms with Gasteiger partial charge in [-0.3, -0.25) is 9.78 Å². The number of imidazole rings is 1. The van der Waals surface area contributed by atoms with Crippen LogP contribution in [0.5, 0.6) is 5.75 Å². The van der Waals surface area contributed by atoms with Crippen LogP contribution in [0.3, 0.4) is 0 Å². The number of carbonyl (C=O) groups is 1.